The minimum atomic E-state index is -0.257. The van der Waals surface area contributed by atoms with Crippen LogP contribution in [0.2, 0.25) is 0 Å². The van der Waals surface area contributed by atoms with Crippen LogP contribution >= 0.6 is 11.3 Å². The summed E-state index contributed by atoms with van der Waals surface area (Å²) in [7, 11) is 0. The number of hydrogen-bond acceptors (Lipinski definition) is 4. The van der Waals surface area contributed by atoms with Crippen LogP contribution in [0.1, 0.15) is 17.5 Å². The lowest BCUT2D eigenvalue weighted by Crippen LogP contribution is -2.13. The number of nitrogens with one attached hydrogen (secondary N) is 1. The van der Waals surface area contributed by atoms with Crippen LogP contribution in [-0.2, 0) is 4.79 Å². The Bertz CT molecular complexity index is 581. The molecule has 0 aliphatic carbocycles. The summed E-state index contributed by atoms with van der Waals surface area (Å²) in [5.41, 5.74) is 1.48. The van der Waals surface area contributed by atoms with Gasteiger partial charge in [0.25, 0.3) is 11.9 Å². The molecule has 2 aromatic rings. The lowest BCUT2D eigenvalue weighted by Gasteiger charge is -1.97. The number of rotatable bonds is 2. The van der Waals surface area contributed by atoms with E-state index in [9.17, 15) is 4.79 Å². The van der Waals surface area contributed by atoms with E-state index >= 15 is 0 Å². The lowest BCUT2D eigenvalue weighted by molar-refractivity contribution is -0.112. The molecule has 2 rings (SSSR count). The second kappa shape index (κ2) is 3.71. The quantitative estimate of drug-likeness (QED) is 0.810. The van der Waals surface area contributed by atoms with Gasteiger partial charge in [0, 0.05) is 10.5 Å². The Balaban J connectivity index is 2.34. The third kappa shape index (κ3) is 1.71. The van der Waals surface area contributed by atoms with E-state index in [0.717, 1.165) is 10.7 Å². The van der Waals surface area contributed by atoms with Crippen LogP contribution < -0.4 is 5.32 Å². The summed E-state index contributed by atoms with van der Waals surface area (Å²) >= 11 is 1.55. The number of aromatic nitrogens is 3. The molecule has 6 heteroatoms. The first-order valence-corrected chi connectivity index (χ1v) is 5.60. The fourth-order valence-corrected chi connectivity index (χ4v) is 2.11. The fourth-order valence-electron chi connectivity index (χ4n) is 1.20. The van der Waals surface area contributed by atoms with Crippen molar-refractivity contribution < 1.29 is 4.79 Å². The summed E-state index contributed by atoms with van der Waals surface area (Å²) in [5.74, 6) is 0.0648. The van der Waals surface area contributed by atoms with E-state index in [4.69, 9.17) is 0 Å². The molecule has 0 atom stereocenters. The molecule has 1 N–H and O–H groups in total. The van der Waals surface area contributed by atoms with E-state index in [1.807, 2.05) is 13.8 Å². The maximum absolute atomic E-state index is 11.4. The third-order valence-electron chi connectivity index (χ3n) is 2.26. The molecule has 0 bridgehead atoms. The number of amides is 1. The van der Waals surface area contributed by atoms with Crippen LogP contribution in [0.25, 0.3) is 4.96 Å². The van der Waals surface area contributed by atoms with Crippen molar-refractivity contribution >= 4 is 28.2 Å². The van der Waals surface area contributed by atoms with Gasteiger partial charge >= 0.3 is 0 Å². The van der Waals surface area contributed by atoms with Gasteiger partial charge in [-0.1, -0.05) is 17.9 Å². The first-order chi connectivity index (χ1) is 7.49. The van der Waals surface area contributed by atoms with Gasteiger partial charge < -0.3 is 0 Å². The van der Waals surface area contributed by atoms with Crippen molar-refractivity contribution in [3.63, 3.8) is 0 Å². The summed E-state index contributed by atoms with van der Waals surface area (Å²) in [6, 6.07) is 0. The highest BCUT2D eigenvalue weighted by molar-refractivity contribution is 7.17. The monoisotopic (exact) mass is 236 g/mol. The van der Waals surface area contributed by atoms with Crippen molar-refractivity contribution in [1.29, 1.82) is 0 Å². The summed E-state index contributed by atoms with van der Waals surface area (Å²) < 4.78 is 1.73. The molecule has 0 aliphatic heterocycles. The van der Waals surface area contributed by atoms with E-state index in [1.54, 1.807) is 22.8 Å². The van der Waals surface area contributed by atoms with E-state index in [-0.39, 0.29) is 5.91 Å². The zero-order valence-corrected chi connectivity index (χ0v) is 10.2. The molecule has 0 saturated carbocycles. The average molecular weight is 236 g/mol. The number of aryl methyl sites for hydroxylation is 2. The van der Waals surface area contributed by atoms with Gasteiger partial charge in [-0.25, -0.2) is 4.52 Å². The Morgan fingerprint density at radius 3 is 2.75 bits per heavy atom. The molecule has 1 amide bonds. The number of carbonyl (C=O) groups excluding carboxylic acids is 1. The predicted molar refractivity (Wildman–Crippen MR) is 63.8 cm³/mol. The molecular weight excluding hydrogens is 224 g/mol. The van der Waals surface area contributed by atoms with Gasteiger partial charge in [0.15, 0.2) is 0 Å². The van der Waals surface area contributed by atoms with Gasteiger partial charge in [-0.3, -0.25) is 10.1 Å². The van der Waals surface area contributed by atoms with Crippen molar-refractivity contribution in [2.75, 3.05) is 5.32 Å². The van der Waals surface area contributed by atoms with Crippen LogP contribution in [0, 0.1) is 13.8 Å². The topological polar surface area (TPSA) is 59.3 Å². The standard InChI is InChI=1S/C10H12N4OS/c1-5(2)8(15)11-9-12-10-14(13-9)6(3)7(4)16-10/h1H2,2-4H3,(H,11,13,15). The molecule has 5 nitrogen and oxygen atoms in total. The smallest absolute Gasteiger partial charge is 0.253 e. The van der Waals surface area contributed by atoms with E-state index in [2.05, 4.69) is 22.0 Å². The van der Waals surface area contributed by atoms with Gasteiger partial charge in [0.1, 0.15) is 0 Å². The van der Waals surface area contributed by atoms with Crippen molar-refractivity contribution in [2.24, 2.45) is 0 Å². The summed E-state index contributed by atoms with van der Waals surface area (Å²) in [6.07, 6.45) is 0. The zero-order valence-electron chi connectivity index (χ0n) is 9.37. The first kappa shape index (κ1) is 10.8. The molecular formula is C10H12N4OS. The Morgan fingerprint density at radius 2 is 2.19 bits per heavy atom. The molecule has 2 aromatic heterocycles. The summed E-state index contributed by atoms with van der Waals surface area (Å²) in [5, 5.41) is 6.79. The Labute approximate surface area is 96.8 Å². The molecule has 16 heavy (non-hydrogen) atoms. The predicted octanol–water partition coefficient (Wildman–Crippen LogP) is 1.92. The minimum Gasteiger partial charge on any atom is -0.289 e. The Hall–Kier alpha value is -1.69. The molecule has 0 saturated heterocycles. The lowest BCUT2D eigenvalue weighted by atomic mass is 10.3. The number of thiazole rings is 1. The van der Waals surface area contributed by atoms with Crippen molar-refractivity contribution in [3.05, 3.63) is 22.7 Å². The second-order valence-corrected chi connectivity index (χ2v) is 4.79. The SMILES string of the molecule is C=C(C)C(=O)Nc1nc2sc(C)c(C)n2n1. The highest BCUT2D eigenvalue weighted by Crippen LogP contribution is 2.21. The molecule has 0 unspecified atom stereocenters. The van der Waals surface area contributed by atoms with Crippen molar-refractivity contribution in [1.82, 2.24) is 14.6 Å². The number of anilines is 1. The highest BCUT2D eigenvalue weighted by atomic mass is 32.1. The second-order valence-electron chi connectivity index (χ2n) is 3.61. The van der Waals surface area contributed by atoms with Gasteiger partial charge in [-0.2, -0.15) is 4.98 Å². The molecule has 84 valence electrons. The average Bonchev–Trinajstić information content (AvgIpc) is 2.68. The van der Waals surface area contributed by atoms with Gasteiger partial charge in [-0.15, -0.1) is 5.10 Å². The number of hydrogen-bond donors (Lipinski definition) is 1. The minimum absolute atomic E-state index is 0.257. The van der Waals surface area contributed by atoms with Gasteiger partial charge in [0.05, 0.1) is 5.69 Å². The fraction of sp³-hybridized carbons (Fsp3) is 0.300. The van der Waals surface area contributed by atoms with E-state index in [0.29, 0.717) is 11.5 Å². The third-order valence-corrected chi connectivity index (χ3v) is 3.31. The Kier molecular flexibility index (Phi) is 2.51. The number of carbonyl (C=O) groups is 1. The van der Waals surface area contributed by atoms with Crippen molar-refractivity contribution in [2.45, 2.75) is 20.8 Å². The molecule has 0 fully saturated rings. The summed E-state index contributed by atoms with van der Waals surface area (Å²) in [6.45, 7) is 9.18. The van der Waals surface area contributed by atoms with E-state index in [1.165, 1.54) is 4.88 Å². The van der Waals surface area contributed by atoms with Gasteiger partial charge in [-0.05, 0) is 20.8 Å². The number of nitrogens with zero attached hydrogens (tertiary/aromatic N) is 3. The first-order valence-electron chi connectivity index (χ1n) is 4.78. The summed E-state index contributed by atoms with van der Waals surface area (Å²) in [4.78, 5) is 17.5. The van der Waals surface area contributed by atoms with Crippen LogP contribution in [-0.4, -0.2) is 20.5 Å². The largest absolute Gasteiger partial charge is 0.289 e. The van der Waals surface area contributed by atoms with Gasteiger partial charge in [0.2, 0.25) is 4.96 Å². The molecule has 0 aromatic carbocycles. The Morgan fingerprint density at radius 1 is 1.50 bits per heavy atom. The zero-order chi connectivity index (χ0) is 11.9. The maximum atomic E-state index is 11.4. The molecule has 0 radical (unpaired) electrons. The molecule has 0 spiro atoms. The van der Waals surface area contributed by atoms with Crippen LogP contribution in [0.3, 0.4) is 0 Å². The normalized spacial score (nSPS) is 10.7. The van der Waals surface area contributed by atoms with Crippen molar-refractivity contribution in [3.8, 4) is 0 Å². The van der Waals surface area contributed by atoms with E-state index < -0.39 is 0 Å². The highest BCUT2D eigenvalue weighted by Gasteiger charge is 2.12. The number of fused-ring (bicyclic) bond motifs is 1. The molecule has 2 heterocycles. The maximum Gasteiger partial charge on any atom is 0.253 e. The molecule has 0 aliphatic rings. The van der Waals surface area contributed by atoms with Crippen LogP contribution in [0.5, 0.6) is 0 Å². The van der Waals surface area contributed by atoms with Crippen LogP contribution in [0.4, 0.5) is 5.95 Å². The van der Waals surface area contributed by atoms with Crippen LogP contribution in [0.15, 0.2) is 12.2 Å².